The van der Waals surface area contributed by atoms with E-state index in [1.807, 2.05) is 6.08 Å². The fourth-order valence-corrected chi connectivity index (χ4v) is 7.62. The Morgan fingerprint density at radius 1 is 0.571 bits per heavy atom. The van der Waals surface area contributed by atoms with Crippen molar-refractivity contribution in [3.8, 4) is 0 Å². The predicted octanol–water partition coefficient (Wildman–Crippen LogP) is 6.89. The van der Waals surface area contributed by atoms with Gasteiger partial charge in [-0.25, -0.2) is 4.57 Å². The molecule has 0 saturated heterocycles. The summed E-state index contributed by atoms with van der Waals surface area (Å²) in [5.41, 5.74) is 0. The Balaban J connectivity index is 2.59. The van der Waals surface area contributed by atoms with Gasteiger partial charge in [-0.05, 0) is 64.2 Å². The van der Waals surface area contributed by atoms with Gasteiger partial charge in [0.25, 0.3) is 0 Å². The number of phosphoric acid groups is 1. The molecule has 0 aliphatic heterocycles. The van der Waals surface area contributed by atoms with Crippen LogP contribution in [0.5, 0.6) is 0 Å². The van der Waals surface area contributed by atoms with Crippen molar-refractivity contribution in [2.24, 2.45) is 0 Å². The first-order chi connectivity index (χ1) is 30.2. The van der Waals surface area contributed by atoms with Crippen LogP contribution in [-0.2, 0) is 32.7 Å². The van der Waals surface area contributed by atoms with Gasteiger partial charge in [0.1, 0.15) is 43.2 Å². The zero-order valence-corrected chi connectivity index (χ0v) is 38.7. The number of hydrogen-bond acceptors (Lipinski definition) is 14. The highest BCUT2D eigenvalue weighted by Crippen LogP contribution is 2.47. The van der Waals surface area contributed by atoms with Gasteiger partial charge >= 0.3 is 19.8 Å². The summed E-state index contributed by atoms with van der Waals surface area (Å²) in [5.74, 6) is -1.35. The Labute approximate surface area is 376 Å². The molecule has 15 nitrogen and oxygen atoms in total. The molecule has 0 amide bonds. The van der Waals surface area contributed by atoms with Crippen LogP contribution in [0.25, 0.3) is 0 Å². The molecular formula is C47H81O15P. The van der Waals surface area contributed by atoms with Crippen molar-refractivity contribution >= 4 is 19.8 Å². The minimum atomic E-state index is -5.19. The summed E-state index contributed by atoms with van der Waals surface area (Å²) in [6.45, 7) is 3.01. The second kappa shape index (κ2) is 36.7. The molecule has 16 heteroatoms. The Morgan fingerprint density at radius 2 is 1.05 bits per heavy atom. The molecule has 3 unspecified atom stereocenters. The van der Waals surface area contributed by atoms with Gasteiger partial charge in [0, 0.05) is 12.8 Å². The van der Waals surface area contributed by atoms with Gasteiger partial charge in [0.2, 0.25) is 0 Å². The fraction of sp³-hybridized carbons (Fsp3) is 0.745. The Morgan fingerprint density at radius 3 is 1.65 bits per heavy atom. The van der Waals surface area contributed by atoms with Crippen molar-refractivity contribution in [3.05, 3.63) is 60.8 Å². The first-order valence-corrected chi connectivity index (χ1v) is 24.8. The molecule has 364 valence electrons. The molecule has 0 spiro atoms. The van der Waals surface area contributed by atoms with Gasteiger partial charge in [-0.1, -0.05) is 139 Å². The molecule has 0 aromatic carbocycles. The van der Waals surface area contributed by atoms with Crippen LogP contribution in [-0.4, -0.2) is 121 Å². The topological polar surface area (TPSA) is 250 Å². The second-order valence-electron chi connectivity index (χ2n) is 16.3. The molecule has 63 heavy (non-hydrogen) atoms. The van der Waals surface area contributed by atoms with Crippen molar-refractivity contribution < 1.29 is 73.3 Å². The molecule has 1 saturated carbocycles. The maximum absolute atomic E-state index is 12.8. The van der Waals surface area contributed by atoms with Crippen LogP contribution in [0.15, 0.2) is 60.8 Å². The van der Waals surface area contributed by atoms with Crippen molar-refractivity contribution in [2.45, 2.75) is 210 Å². The van der Waals surface area contributed by atoms with E-state index in [-0.39, 0.29) is 25.7 Å². The van der Waals surface area contributed by atoms with E-state index in [0.717, 1.165) is 64.2 Å². The Bertz CT molecular complexity index is 1370. The van der Waals surface area contributed by atoms with Gasteiger partial charge < -0.3 is 50.1 Å². The summed E-state index contributed by atoms with van der Waals surface area (Å²) in [5, 5.41) is 70.5. The molecule has 0 bridgehead atoms. The van der Waals surface area contributed by atoms with Crippen molar-refractivity contribution in [1.29, 1.82) is 0 Å². The van der Waals surface area contributed by atoms with E-state index in [9.17, 15) is 54.8 Å². The van der Waals surface area contributed by atoms with E-state index in [0.29, 0.717) is 12.8 Å². The number of aliphatic hydroxyl groups is 7. The highest BCUT2D eigenvalue weighted by molar-refractivity contribution is 7.47. The van der Waals surface area contributed by atoms with E-state index in [2.05, 4.69) is 32.1 Å². The zero-order chi connectivity index (χ0) is 46.7. The van der Waals surface area contributed by atoms with Crippen molar-refractivity contribution in [3.63, 3.8) is 0 Å². The number of phosphoric ester groups is 1. The molecule has 1 aliphatic carbocycles. The lowest BCUT2D eigenvalue weighted by Crippen LogP contribution is -2.64. The molecule has 8 N–H and O–H groups in total. The van der Waals surface area contributed by atoms with E-state index in [1.54, 1.807) is 30.4 Å². The Kier molecular flexibility index (Phi) is 34.0. The molecular weight excluding hydrogens is 835 g/mol. The molecule has 1 rings (SSSR count). The van der Waals surface area contributed by atoms with Gasteiger partial charge in [-0.15, -0.1) is 0 Å². The number of allylic oxidation sites excluding steroid dienone is 7. The maximum atomic E-state index is 12.8. The van der Waals surface area contributed by atoms with Crippen LogP contribution < -0.4 is 0 Å². The SMILES string of the molecule is CCCCC/C=C\C[C@H](O)/C=C/C=C/C=C\[C@H](O)CCCC(=O)O[C@H](COC(=O)CCCCCCCCC/C=C\CCCCCC)COP(=O)(O)OC1[C@H](O)[C@H](O)C(O)[C@H](O)[C@H]1O. The van der Waals surface area contributed by atoms with Gasteiger partial charge in [-0.3, -0.25) is 18.6 Å². The van der Waals surface area contributed by atoms with Crippen LogP contribution in [0.1, 0.15) is 155 Å². The normalized spacial score (nSPS) is 23.3. The number of unbranched alkanes of at least 4 members (excludes halogenated alkanes) is 14. The third kappa shape index (κ3) is 29.6. The van der Waals surface area contributed by atoms with Gasteiger partial charge in [0.05, 0.1) is 18.8 Å². The standard InChI is InChI=1S/C47H81O15P/c1-3-5-7-9-11-12-13-14-15-16-17-18-19-21-27-33-40(50)59-35-39(36-60-63(57,58)62-47-45(55)43(53)42(52)44(54)46(47)56)61-41(51)34-28-32-38(49)31-26-23-22-25-30-37(48)29-24-20-10-8-6-4-2/h12-13,20,22-26,30-31,37-39,42-49,52-56H,3-11,14-19,21,27-29,32-36H2,1-2H3,(H,57,58)/b13-12-,23-22+,24-20-,30-25+,31-26-/t37-,38-,39+,42?,43-,44+,45+,46+,47?/m0/s1. The van der Waals surface area contributed by atoms with E-state index in [1.165, 1.54) is 44.6 Å². The van der Waals surface area contributed by atoms with E-state index >= 15 is 0 Å². The third-order valence-corrected chi connectivity index (χ3v) is 11.5. The molecule has 10 atom stereocenters. The molecule has 1 aliphatic rings. The number of carbonyl (C=O) groups is 2. The lowest BCUT2D eigenvalue weighted by Gasteiger charge is -2.41. The number of hydrogen-bond donors (Lipinski definition) is 8. The molecule has 0 aromatic heterocycles. The third-order valence-electron chi connectivity index (χ3n) is 10.5. The number of ether oxygens (including phenoxy) is 2. The van der Waals surface area contributed by atoms with E-state index in [4.69, 9.17) is 18.5 Å². The minimum absolute atomic E-state index is 0.107. The summed E-state index contributed by atoms with van der Waals surface area (Å²) < 4.78 is 33.3. The molecule has 0 heterocycles. The zero-order valence-electron chi connectivity index (χ0n) is 37.8. The van der Waals surface area contributed by atoms with Crippen LogP contribution in [0.3, 0.4) is 0 Å². The maximum Gasteiger partial charge on any atom is 0.472 e. The lowest BCUT2D eigenvalue weighted by molar-refractivity contribution is -0.220. The number of carbonyl (C=O) groups excluding carboxylic acids is 2. The number of aliphatic hydroxyl groups excluding tert-OH is 7. The first-order valence-electron chi connectivity index (χ1n) is 23.3. The van der Waals surface area contributed by atoms with Crippen LogP contribution in [0, 0.1) is 0 Å². The molecule has 0 aromatic rings. The van der Waals surface area contributed by atoms with Crippen molar-refractivity contribution in [1.82, 2.24) is 0 Å². The second-order valence-corrected chi connectivity index (χ2v) is 17.7. The van der Waals surface area contributed by atoms with Crippen LogP contribution in [0.4, 0.5) is 0 Å². The molecule has 0 radical (unpaired) electrons. The summed E-state index contributed by atoms with van der Waals surface area (Å²) >= 11 is 0. The minimum Gasteiger partial charge on any atom is -0.462 e. The first kappa shape index (κ1) is 58.5. The largest absolute Gasteiger partial charge is 0.472 e. The summed E-state index contributed by atoms with van der Waals surface area (Å²) in [4.78, 5) is 35.7. The highest BCUT2D eigenvalue weighted by Gasteiger charge is 2.51. The summed E-state index contributed by atoms with van der Waals surface area (Å²) in [7, 11) is -5.19. The smallest absolute Gasteiger partial charge is 0.462 e. The Hall–Kier alpha value is -2.53. The predicted molar refractivity (Wildman–Crippen MR) is 242 cm³/mol. The monoisotopic (exact) mass is 917 g/mol. The average Bonchev–Trinajstić information content (AvgIpc) is 3.25. The van der Waals surface area contributed by atoms with Crippen LogP contribution in [0.2, 0.25) is 0 Å². The van der Waals surface area contributed by atoms with E-state index < -0.39 is 87.9 Å². The summed E-state index contributed by atoms with van der Waals surface area (Å²) in [6.07, 6.45) is 23.1. The number of esters is 2. The molecule has 1 fully saturated rings. The number of rotatable bonds is 37. The quantitative estimate of drug-likeness (QED) is 0.0104. The van der Waals surface area contributed by atoms with Crippen molar-refractivity contribution in [2.75, 3.05) is 13.2 Å². The van der Waals surface area contributed by atoms with Crippen LogP contribution >= 0.6 is 7.82 Å². The summed E-state index contributed by atoms with van der Waals surface area (Å²) in [6, 6.07) is 0. The highest BCUT2D eigenvalue weighted by atomic mass is 31.2. The fourth-order valence-electron chi connectivity index (χ4n) is 6.65. The lowest BCUT2D eigenvalue weighted by atomic mass is 9.85. The van der Waals surface area contributed by atoms with Gasteiger partial charge in [0.15, 0.2) is 6.10 Å². The van der Waals surface area contributed by atoms with Gasteiger partial charge in [-0.2, -0.15) is 0 Å². The average molecular weight is 917 g/mol.